The van der Waals surface area contributed by atoms with E-state index in [-0.39, 0.29) is 50.1 Å². The fourth-order valence-corrected chi connectivity index (χ4v) is 0. The average molecular weight is 262 g/mol. The van der Waals surface area contributed by atoms with Crippen LogP contribution in [0, 0.1) is 10.8 Å². The molecule has 0 aliphatic heterocycles. The molecule has 0 spiro atoms. The zero-order chi connectivity index (χ0) is 10.4. The molecule has 77 valence electrons. The second-order valence-electron chi connectivity index (χ2n) is 5.07. The Bertz CT molecular complexity index is 120. The number of hydrogen-bond donors (Lipinski definition) is 1. The largest absolute Gasteiger partial charge is 0.541 e. The van der Waals surface area contributed by atoms with Crippen LogP contribution in [0.4, 0.5) is 0 Å². The van der Waals surface area contributed by atoms with E-state index in [2.05, 4.69) is 0 Å². The van der Waals surface area contributed by atoms with Gasteiger partial charge in [0.05, 0.1) is 0 Å². The van der Waals surface area contributed by atoms with E-state index in [1.165, 1.54) is 0 Å². The van der Waals surface area contributed by atoms with Crippen molar-refractivity contribution in [1.82, 2.24) is 0 Å². The van der Waals surface area contributed by atoms with Gasteiger partial charge in [-0.05, 0) is 5.41 Å². The molecule has 0 aliphatic rings. The molecule has 0 atom stereocenters. The van der Waals surface area contributed by atoms with Crippen LogP contribution in [0.1, 0.15) is 41.5 Å². The second kappa shape index (κ2) is 8.08. The first kappa shape index (κ1) is 19.3. The summed E-state index contributed by atoms with van der Waals surface area (Å²) in [7, 11) is 0. The average Bonchev–Trinajstić information content (AvgIpc) is 1.86. The van der Waals surface area contributed by atoms with Crippen molar-refractivity contribution < 1.29 is 42.6 Å². The quantitative estimate of drug-likeness (QED) is 0.679. The Morgan fingerprint density at radius 2 is 1.23 bits per heavy atom. The molecule has 0 aromatic carbocycles. The van der Waals surface area contributed by atoms with Gasteiger partial charge in [0.15, 0.2) is 0 Å². The van der Waals surface area contributed by atoms with Gasteiger partial charge in [0.25, 0.3) is 0 Å². The van der Waals surface area contributed by atoms with Gasteiger partial charge in [-0.1, -0.05) is 41.5 Å². The zero-order valence-corrected chi connectivity index (χ0v) is 12.5. The van der Waals surface area contributed by atoms with E-state index in [0.717, 1.165) is 0 Å². The molecule has 0 saturated heterocycles. The fraction of sp³-hybridized carbons (Fsp3) is 0.900. The van der Waals surface area contributed by atoms with Crippen LogP contribution in [-0.2, 0) is 37.5 Å². The molecular formula is C10H21O2Y-. The zero-order valence-electron chi connectivity index (χ0n) is 9.64. The molecule has 1 N–H and O–H groups in total. The Morgan fingerprint density at radius 3 is 1.23 bits per heavy atom. The van der Waals surface area contributed by atoms with Crippen LogP contribution in [0.15, 0.2) is 0 Å². The predicted molar refractivity (Wildman–Crippen MR) is 51.7 cm³/mol. The summed E-state index contributed by atoms with van der Waals surface area (Å²) in [5.41, 5.74) is -0.167. The van der Waals surface area contributed by atoms with Crippen molar-refractivity contribution in [2.24, 2.45) is 10.8 Å². The Kier molecular flexibility index (Phi) is 12.0. The van der Waals surface area contributed by atoms with E-state index >= 15 is 0 Å². The predicted octanol–water partition coefficient (Wildman–Crippen LogP) is 2.16. The van der Waals surface area contributed by atoms with Gasteiger partial charge >= 0.3 is 0 Å². The molecule has 0 bridgehead atoms. The summed E-state index contributed by atoms with van der Waals surface area (Å²) in [5.74, 6) is 0. The SMILES string of the molecule is CC(C)(C)CO.CC(C)(C)[C-]=O.[Y]. The van der Waals surface area contributed by atoms with Gasteiger partial charge < -0.3 is 9.90 Å². The second-order valence-corrected chi connectivity index (χ2v) is 5.07. The molecule has 0 fully saturated rings. The van der Waals surface area contributed by atoms with Crippen LogP contribution in [0.2, 0.25) is 0 Å². The Hall–Kier alpha value is 0.734. The standard InChI is InChI=1S/C5H12O.C5H9O.Y/c2*1-5(2,3)4-6;/h6H,4H2,1-3H3;1-3H3;/q;-1;. The third-order valence-electron chi connectivity index (χ3n) is 0.781. The van der Waals surface area contributed by atoms with Crippen molar-refractivity contribution in [3.63, 3.8) is 0 Å². The van der Waals surface area contributed by atoms with Crippen LogP contribution in [-0.4, -0.2) is 18.0 Å². The van der Waals surface area contributed by atoms with Gasteiger partial charge in [-0.25, -0.2) is 0 Å². The molecule has 0 heterocycles. The Morgan fingerprint density at radius 1 is 1.08 bits per heavy atom. The first-order valence-electron chi connectivity index (χ1n) is 4.12. The number of rotatable bonds is 0. The number of hydrogen-bond acceptors (Lipinski definition) is 2. The third kappa shape index (κ3) is 32.4. The molecule has 3 heteroatoms. The van der Waals surface area contributed by atoms with Crippen molar-refractivity contribution in [3.05, 3.63) is 0 Å². The van der Waals surface area contributed by atoms with E-state index in [1.807, 2.05) is 47.8 Å². The Labute approximate surface area is 107 Å². The monoisotopic (exact) mass is 262 g/mol. The molecule has 0 amide bonds. The smallest absolute Gasteiger partial charge is 0.0479 e. The molecule has 1 radical (unpaired) electrons. The van der Waals surface area contributed by atoms with Crippen molar-refractivity contribution in [1.29, 1.82) is 0 Å². The summed E-state index contributed by atoms with van der Waals surface area (Å²) in [5, 5.41) is 8.40. The summed E-state index contributed by atoms with van der Waals surface area (Å²) < 4.78 is 0. The molecule has 0 aliphatic carbocycles. The van der Waals surface area contributed by atoms with Crippen LogP contribution < -0.4 is 0 Å². The molecule has 0 unspecified atom stereocenters. The van der Waals surface area contributed by atoms with Gasteiger partial charge in [-0.15, -0.1) is 5.41 Å². The van der Waals surface area contributed by atoms with Crippen LogP contribution >= 0.6 is 0 Å². The van der Waals surface area contributed by atoms with Crippen LogP contribution in [0.25, 0.3) is 0 Å². The summed E-state index contributed by atoms with van der Waals surface area (Å²) in [6, 6.07) is 0. The molecule has 0 aromatic rings. The van der Waals surface area contributed by atoms with E-state index in [0.29, 0.717) is 0 Å². The maximum Gasteiger partial charge on any atom is 0.0479 e. The number of aliphatic hydroxyl groups is 1. The summed E-state index contributed by atoms with van der Waals surface area (Å²) >= 11 is 0. The van der Waals surface area contributed by atoms with Crippen molar-refractivity contribution >= 4 is 6.29 Å². The molecular weight excluding hydrogens is 241 g/mol. The minimum atomic E-state index is -0.264. The molecule has 0 aromatic heterocycles. The van der Waals surface area contributed by atoms with E-state index in [1.54, 1.807) is 0 Å². The number of carbonyl (C=O) groups excluding carboxylic acids is 1. The maximum absolute atomic E-state index is 9.70. The first-order chi connectivity index (χ1) is 5.12. The fourth-order valence-electron chi connectivity index (χ4n) is 0. The van der Waals surface area contributed by atoms with Gasteiger partial charge in [-0.3, -0.25) is 6.29 Å². The minimum Gasteiger partial charge on any atom is -0.541 e. The van der Waals surface area contributed by atoms with Gasteiger partial charge in [0, 0.05) is 39.3 Å². The summed E-state index contributed by atoms with van der Waals surface area (Å²) in [6.07, 6.45) is 1.85. The van der Waals surface area contributed by atoms with E-state index in [4.69, 9.17) is 5.11 Å². The molecule has 0 saturated carbocycles. The Balaban J connectivity index is -0.000000143. The number of aliphatic hydroxyl groups excluding tert-OH is 1. The first-order valence-corrected chi connectivity index (χ1v) is 4.12. The molecule has 0 rings (SSSR count). The molecule has 2 nitrogen and oxygen atoms in total. The topological polar surface area (TPSA) is 37.3 Å². The third-order valence-corrected chi connectivity index (χ3v) is 0.781. The van der Waals surface area contributed by atoms with Crippen LogP contribution in [0.5, 0.6) is 0 Å². The summed E-state index contributed by atoms with van der Waals surface area (Å²) in [4.78, 5) is 9.70. The maximum atomic E-state index is 9.70. The summed E-state index contributed by atoms with van der Waals surface area (Å²) in [6.45, 7) is 11.7. The minimum absolute atomic E-state index is 0. The van der Waals surface area contributed by atoms with Crippen molar-refractivity contribution in [3.8, 4) is 0 Å². The van der Waals surface area contributed by atoms with Crippen molar-refractivity contribution in [2.45, 2.75) is 41.5 Å². The molecule has 13 heavy (non-hydrogen) atoms. The van der Waals surface area contributed by atoms with Crippen LogP contribution in [0.3, 0.4) is 0 Å². The van der Waals surface area contributed by atoms with Crippen molar-refractivity contribution in [2.75, 3.05) is 6.61 Å². The van der Waals surface area contributed by atoms with Gasteiger partial charge in [0.1, 0.15) is 0 Å². The van der Waals surface area contributed by atoms with Gasteiger partial charge in [-0.2, -0.15) is 0 Å². The van der Waals surface area contributed by atoms with Gasteiger partial charge in [0.2, 0.25) is 0 Å². The van der Waals surface area contributed by atoms with E-state index in [9.17, 15) is 4.79 Å². The van der Waals surface area contributed by atoms with E-state index < -0.39 is 0 Å². The normalized spacial score (nSPS) is 10.7.